The van der Waals surface area contributed by atoms with Gasteiger partial charge in [0.05, 0.1) is 10.5 Å². The summed E-state index contributed by atoms with van der Waals surface area (Å²) in [6, 6.07) is 10.2. The zero-order valence-electron chi connectivity index (χ0n) is 19.7. The van der Waals surface area contributed by atoms with Gasteiger partial charge in [-0.1, -0.05) is 0 Å². The van der Waals surface area contributed by atoms with Crippen molar-refractivity contribution in [1.29, 1.82) is 0 Å². The molecule has 2 aromatic carbocycles. The Morgan fingerprint density at radius 3 is 2.35 bits per heavy atom. The molecule has 1 saturated heterocycles. The van der Waals surface area contributed by atoms with Gasteiger partial charge in [-0.2, -0.15) is 0 Å². The number of rotatable bonds is 5. The van der Waals surface area contributed by atoms with Gasteiger partial charge < -0.3 is 19.7 Å². The van der Waals surface area contributed by atoms with Crippen LogP contribution in [0, 0.1) is 0 Å². The van der Waals surface area contributed by atoms with E-state index in [4.69, 9.17) is 9.47 Å². The van der Waals surface area contributed by atoms with E-state index in [1.165, 1.54) is 20.2 Å². The highest BCUT2D eigenvalue weighted by atomic mass is 32.2. The largest absolute Gasteiger partial charge is 0.448 e. The van der Waals surface area contributed by atoms with Gasteiger partial charge in [-0.05, 0) is 62.4 Å². The first-order chi connectivity index (χ1) is 16.3. The molecule has 5 rings (SSSR count). The molecule has 1 aliphatic carbocycles. The smallest absolute Gasteiger partial charge is 0.257 e. The van der Waals surface area contributed by atoms with Crippen LogP contribution >= 0.6 is 0 Å². The van der Waals surface area contributed by atoms with Crippen LogP contribution in [0.4, 0.5) is 11.4 Å². The van der Waals surface area contributed by atoms with E-state index in [0.29, 0.717) is 22.7 Å². The fraction of sp³-hybridized carbons (Fsp3) is 0.480. The molecule has 8 nitrogen and oxygen atoms in total. The van der Waals surface area contributed by atoms with Gasteiger partial charge in [0.25, 0.3) is 11.7 Å². The minimum Gasteiger partial charge on any atom is -0.448 e. The number of nitrogens with one attached hydrogen (secondary N) is 1. The molecule has 2 aromatic rings. The van der Waals surface area contributed by atoms with Crippen LogP contribution in [0.2, 0.25) is 0 Å². The number of carbonyl (C=O) groups is 1. The summed E-state index contributed by atoms with van der Waals surface area (Å²) in [6.07, 6.45) is 7.10. The minimum atomic E-state index is -3.68. The Bertz CT molecular complexity index is 1200. The Hall–Kier alpha value is -2.78. The molecule has 0 bridgehead atoms. The van der Waals surface area contributed by atoms with Crippen LogP contribution < -0.4 is 19.7 Å². The SMILES string of the molecule is CN(C)S(=O)(=O)c1ccc(N2CCCCC2)c(C(=O)Nc2ccc3c(c2)OC2(CCCC2)O3)c1. The van der Waals surface area contributed by atoms with Crippen LogP contribution in [0.5, 0.6) is 11.5 Å². The second-order valence-corrected chi connectivity index (χ2v) is 11.6. The maximum atomic E-state index is 13.5. The summed E-state index contributed by atoms with van der Waals surface area (Å²) in [4.78, 5) is 15.7. The normalized spacial score (nSPS) is 19.1. The second-order valence-electron chi connectivity index (χ2n) is 9.45. The zero-order valence-corrected chi connectivity index (χ0v) is 20.5. The topological polar surface area (TPSA) is 88.2 Å². The van der Waals surface area contributed by atoms with Crippen molar-refractivity contribution in [2.75, 3.05) is 37.4 Å². The van der Waals surface area contributed by atoms with E-state index in [2.05, 4.69) is 10.2 Å². The van der Waals surface area contributed by atoms with Gasteiger partial charge in [-0.15, -0.1) is 0 Å². The molecule has 3 aliphatic rings. The van der Waals surface area contributed by atoms with E-state index in [1.807, 2.05) is 6.07 Å². The van der Waals surface area contributed by atoms with Crippen LogP contribution in [0.15, 0.2) is 41.3 Å². The number of fused-ring (bicyclic) bond motifs is 1. The molecular weight excluding hydrogens is 454 g/mol. The molecule has 0 unspecified atom stereocenters. The number of hydrogen-bond acceptors (Lipinski definition) is 6. The van der Waals surface area contributed by atoms with Crippen LogP contribution in [-0.2, 0) is 10.0 Å². The van der Waals surface area contributed by atoms with Gasteiger partial charge in [-0.25, -0.2) is 12.7 Å². The summed E-state index contributed by atoms with van der Waals surface area (Å²) in [5.41, 5.74) is 1.67. The van der Waals surface area contributed by atoms with Crippen LogP contribution in [-0.4, -0.2) is 51.6 Å². The average molecular weight is 486 g/mol. The lowest BCUT2D eigenvalue weighted by Gasteiger charge is -2.30. The summed E-state index contributed by atoms with van der Waals surface area (Å²) in [6.45, 7) is 1.68. The Labute approximate surface area is 200 Å². The van der Waals surface area contributed by atoms with E-state index in [9.17, 15) is 13.2 Å². The molecule has 34 heavy (non-hydrogen) atoms. The fourth-order valence-corrected chi connectivity index (χ4v) is 5.90. The Balaban J connectivity index is 1.44. The molecule has 1 N–H and O–H groups in total. The number of sulfonamides is 1. The lowest BCUT2D eigenvalue weighted by Crippen LogP contribution is -2.34. The maximum absolute atomic E-state index is 13.5. The Morgan fingerprint density at radius 2 is 1.65 bits per heavy atom. The highest BCUT2D eigenvalue weighted by Crippen LogP contribution is 2.47. The van der Waals surface area contributed by atoms with Crippen molar-refractivity contribution in [3.63, 3.8) is 0 Å². The van der Waals surface area contributed by atoms with Gasteiger partial charge in [0.1, 0.15) is 0 Å². The second kappa shape index (κ2) is 8.78. The summed E-state index contributed by atoms with van der Waals surface area (Å²) in [5.74, 6) is 0.389. The van der Waals surface area contributed by atoms with E-state index < -0.39 is 15.8 Å². The monoisotopic (exact) mass is 485 g/mol. The molecule has 182 valence electrons. The van der Waals surface area contributed by atoms with Gasteiger partial charge in [-0.3, -0.25) is 4.79 Å². The molecule has 0 aromatic heterocycles. The van der Waals surface area contributed by atoms with Crippen molar-refractivity contribution in [2.24, 2.45) is 0 Å². The first kappa shape index (κ1) is 23.0. The average Bonchev–Trinajstić information content (AvgIpc) is 3.44. The number of hydrogen-bond donors (Lipinski definition) is 1. The quantitative estimate of drug-likeness (QED) is 0.682. The van der Waals surface area contributed by atoms with Crippen LogP contribution in [0.25, 0.3) is 0 Å². The van der Waals surface area contributed by atoms with E-state index in [-0.39, 0.29) is 10.8 Å². The Kier molecular flexibility index (Phi) is 5.93. The lowest BCUT2D eigenvalue weighted by atomic mass is 10.1. The van der Waals surface area contributed by atoms with E-state index in [0.717, 1.165) is 68.0 Å². The molecule has 9 heteroatoms. The number of anilines is 2. The van der Waals surface area contributed by atoms with Crippen molar-refractivity contribution in [2.45, 2.75) is 55.6 Å². The fourth-order valence-electron chi connectivity index (χ4n) is 4.97. The Morgan fingerprint density at radius 1 is 0.941 bits per heavy atom. The summed E-state index contributed by atoms with van der Waals surface area (Å²) < 4.78 is 38.8. The van der Waals surface area contributed by atoms with Crippen molar-refractivity contribution >= 4 is 27.3 Å². The third kappa shape index (κ3) is 4.22. The van der Waals surface area contributed by atoms with Crippen molar-refractivity contribution in [3.8, 4) is 11.5 Å². The van der Waals surface area contributed by atoms with Gasteiger partial charge in [0, 0.05) is 57.5 Å². The third-order valence-electron chi connectivity index (χ3n) is 6.85. The number of carbonyl (C=O) groups excluding carboxylic acids is 1. The zero-order chi connectivity index (χ0) is 23.9. The van der Waals surface area contributed by atoms with E-state index in [1.54, 1.807) is 24.3 Å². The molecule has 2 aliphatic heterocycles. The van der Waals surface area contributed by atoms with Crippen LogP contribution in [0.1, 0.15) is 55.3 Å². The molecule has 0 atom stereocenters. The molecule has 1 spiro atoms. The number of benzene rings is 2. The molecule has 2 fully saturated rings. The summed E-state index contributed by atoms with van der Waals surface area (Å²) in [7, 11) is -0.709. The summed E-state index contributed by atoms with van der Waals surface area (Å²) in [5, 5.41) is 2.94. The highest BCUT2D eigenvalue weighted by Gasteiger charge is 2.44. The minimum absolute atomic E-state index is 0.0947. The molecule has 1 amide bonds. The van der Waals surface area contributed by atoms with Gasteiger partial charge >= 0.3 is 0 Å². The lowest BCUT2D eigenvalue weighted by molar-refractivity contribution is -0.0716. The van der Waals surface area contributed by atoms with Gasteiger partial charge in [0.2, 0.25) is 10.0 Å². The predicted octanol–water partition coefficient (Wildman–Crippen LogP) is 4.22. The van der Waals surface area contributed by atoms with Crippen molar-refractivity contribution in [3.05, 3.63) is 42.0 Å². The molecule has 0 radical (unpaired) electrons. The number of piperidine rings is 1. The molecule has 1 saturated carbocycles. The molecule has 2 heterocycles. The predicted molar refractivity (Wildman–Crippen MR) is 130 cm³/mol. The van der Waals surface area contributed by atoms with Crippen molar-refractivity contribution < 1.29 is 22.7 Å². The van der Waals surface area contributed by atoms with Crippen molar-refractivity contribution in [1.82, 2.24) is 4.31 Å². The first-order valence-electron chi connectivity index (χ1n) is 11.9. The maximum Gasteiger partial charge on any atom is 0.257 e. The van der Waals surface area contributed by atoms with Crippen LogP contribution in [0.3, 0.4) is 0 Å². The highest BCUT2D eigenvalue weighted by molar-refractivity contribution is 7.89. The first-order valence-corrected chi connectivity index (χ1v) is 13.4. The van der Waals surface area contributed by atoms with E-state index >= 15 is 0 Å². The number of ether oxygens (including phenoxy) is 2. The summed E-state index contributed by atoms with van der Waals surface area (Å²) >= 11 is 0. The standard InChI is InChI=1S/C25H31N3O5S/c1-27(2)34(30,31)19-9-10-21(28-14-6-3-7-15-28)20(17-19)24(29)26-18-8-11-22-23(16-18)33-25(32-22)12-4-5-13-25/h8-11,16-17H,3-7,12-15H2,1-2H3,(H,26,29). The number of amides is 1. The van der Waals surface area contributed by atoms with Gasteiger partial charge in [0.15, 0.2) is 11.5 Å². The third-order valence-corrected chi connectivity index (χ3v) is 8.66. The number of nitrogens with zero attached hydrogens (tertiary/aromatic N) is 2. The molecular formula is C25H31N3O5S.